The lowest BCUT2D eigenvalue weighted by molar-refractivity contribution is 0.0168. The largest absolute Gasteiger partial charge is 0.379 e. The van der Waals surface area contributed by atoms with E-state index in [2.05, 4.69) is 37.6 Å². The Morgan fingerprint density at radius 2 is 2.18 bits per heavy atom. The summed E-state index contributed by atoms with van der Waals surface area (Å²) in [6, 6.07) is 4.25. The van der Waals surface area contributed by atoms with Crippen molar-refractivity contribution in [2.75, 3.05) is 51.4 Å². The van der Waals surface area contributed by atoms with Crippen molar-refractivity contribution < 1.29 is 9.47 Å². The van der Waals surface area contributed by atoms with Gasteiger partial charge in [-0.25, -0.2) is 4.98 Å². The Kier molecular flexibility index (Phi) is 8.84. The lowest BCUT2D eigenvalue weighted by Crippen LogP contribution is -2.37. The Labute approximate surface area is 168 Å². The third-order valence-corrected chi connectivity index (χ3v) is 5.26. The second kappa shape index (κ2) is 11.9. The number of rotatable bonds is 9. The molecule has 2 fully saturated rings. The molecular formula is C21H35N5O2. The molecule has 0 saturated carbocycles. The highest BCUT2D eigenvalue weighted by Crippen LogP contribution is 2.18. The van der Waals surface area contributed by atoms with Crippen LogP contribution in [0, 0.1) is 0 Å². The predicted molar refractivity (Wildman–Crippen MR) is 113 cm³/mol. The van der Waals surface area contributed by atoms with Crippen LogP contribution in [0.25, 0.3) is 0 Å². The minimum Gasteiger partial charge on any atom is -0.379 e. The van der Waals surface area contributed by atoms with Crippen molar-refractivity contribution in [3.05, 3.63) is 23.9 Å². The molecule has 0 aromatic carbocycles. The summed E-state index contributed by atoms with van der Waals surface area (Å²) in [5.41, 5.74) is 1.22. The van der Waals surface area contributed by atoms with Crippen molar-refractivity contribution >= 4 is 11.8 Å². The minimum absolute atomic E-state index is 0.303. The third-order valence-electron chi connectivity index (χ3n) is 5.26. The molecule has 2 N–H and O–H groups in total. The number of aromatic nitrogens is 1. The van der Waals surface area contributed by atoms with E-state index in [-0.39, 0.29) is 0 Å². The summed E-state index contributed by atoms with van der Waals surface area (Å²) in [6.07, 6.45) is 9.30. The van der Waals surface area contributed by atoms with Gasteiger partial charge in [-0.3, -0.25) is 4.99 Å². The molecule has 1 atom stereocenters. The summed E-state index contributed by atoms with van der Waals surface area (Å²) in [5.74, 6) is 1.90. The number of piperidine rings is 1. The summed E-state index contributed by atoms with van der Waals surface area (Å²) >= 11 is 0. The summed E-state index contributed by atoms with van der Waals surface area (Å²) in [6.45, 7) is 6.14. The molecule has 156 valence electrons. The molecule has 0 radical (unpaired) electrons. The highest BCUT2D eigenvalue weighted by atomic mass is 16.5. The van der Waals surface area contributed by atoms with Gasteiger partial charge in [0.25, 0.3) is 0 Å². The Balaban J connectivity index is 1.32. The fourth-order valence-corrected chi connectivity index (χ4v) is 3.64. The maximum absolute atomic E-state index is 5.70. The lowest BCUT2D eigenvalue weighted by Gasteiger charge is -2.28. The number of nitrogens with zero attached hydrogens (tertiary/aromatic N) is 3. The van der Waals surface area contributed by atoms with Crippen LogP contribution in [0.2, 0.25) is 0 Å². The summed E-state index contributed by atoms with van der Waals surface area (Å²) in [7, 11) is 1.80. The number of ether oxygens (including phenoxy) is 2. The summed E-state index contributed by atoms with van der Waals surface area (Å²) < 4.78 is 11.3. The number of hydrogen-bond donors (Lipinski definition) is 2. The first kappa shape index (κ1) is 20.9. The van der Waals surface area contributed by atoms with E-state index in [1.54, 1.807) is 7.05 Å². The second-order valence-electron chi connectivity index (χ2n) is 7.49. The van der Waals surface area contributed by atoms with E-state index < -0.39 is 0 Å². The fourth-order valence-electron chi connectivity index (χ4n) is 3.64. The van der Waals surface area contributed by atoms with Crippen molar-refractivity contribution in [2.24, 2.45) is 4.99 Å². The van der Waals surface area contributed by atoms with Gasteiger partial charge in [-0.1, -0.05) is 0 Å². The molecule has 1 unspecified atom stereocenters. The zero-order valence-electron chi connectivity index (χ0n) is 17.2. The molecule has 0 spiro atoms. The standard InChI is InChI=1S/C21H35N5O2/c1-22-21(24-9-6-13-27-17-19-7-5-14-28-19)25-16-18-8-10-23-20(15-18)26-11-3-2-4-12-26/h8,10,15,19H,2-7,9,11-14,16-17H2,1H3,(H2,22,24,25). The van der Waals surface area contributed by atoms with Crippen LogP contribution in [0.1, 0.15) is 44.1 Å². The molecule has 3 heterocycles. The Hall–Kier alpha value is -1.86. The first-order chi connectivity index (χ1) is 13.8. The van der Waals surface area contributed by atoms with E-state index in [0.29, 0.717) is 12.7 Å². The van der Waals surface area contributed by atoms with Crippen LogP contribution in [0.4, 0.5) is 5.82 Å². The molecule has 2 aliphatic heterocycles. The third kappa shape index (κ3) is 6.95. The molecule has 0 amide bonds. The van der Waals surface area contributed by atoms with Gasteiger partial charge in [0.2, 0.25) is 0 Å². The first-order valence-electron chi connectivity index (χ1n) is 10.7. The Morgan fingerprint density at radius 1 is 1.29 bits per heavy atom. The molecule has 7 nitrogen and oxygen atoms in total. The number of pyridine rings is 1. The highest BCUT2D eigenvalue weighted by molar-refractivity contribution is 5.79. The van der Waals surface area contributed by atoms with Crippen molar-refractivity contribution in [1.82, 2.24) is 15.6 Å². The zero-order valence-corrected chi connectivity index (χ0v) is 17.2. The minimum atomic E-state index is 0.303. The second-order valence-corrected chi connectivity index (χ2v) is 7.49. The molecule has 7 heteroatoms. The van der Waals surface area contributed by atoms with Gasteiger partial charge < -0.3 is 25.0 Å². The normalized spacial score (nSPS) is 20.4. The maximum Gasteiger partial charge on any atom is 0.191 e. The molecular weight excluding hydrogens is 354 g/mol. The van der Waals surface area contributed by atoms with Crippen LogP contribution < -0.4 is 15.5 Å². The van der Waals surface area contributed by atoms with Crippen LogP contribution in [0.15, 0.2) is 23.3 Å². The number of guanidine groups is 1. The predicted octanol–water partition coefficient (Wildman–Crippen LogP) is 2.32. The number of hydrogen-bond acceptors (Lipinski definition) is 5. The van der Waals surface area contributed by atoms with Crippen molar-refractivity contribution in [1.29, 1.82) is 0 Å². The number of aliphatic imine (C=N–C) groups is 1. The van der Waals surface area contributed by atoms with Gasteiger partial charge in [0.05, 0.1) is 12.7 Å². The highest BCUT2D eigenvalue weighted by Gasteiger charge is 2.15. The maximum atomic E-state index is 5.70. The summed E-state index contributed by atoms with van der Waals surface area (Å²) in [5, 5.41) is 6.73. The molecule has 1 aromatic rings. The van der Waals surface area contributed by atoms with Crippen molar-refractivity contribution in [3.8, 4) is 0 Å². The van der Waals surface area contributed by atoms with Crippen LogP contribution in [0.5, 0.6) is 0 Å². The first-order valence-corrected chi connectivity index (χ1v) is 10.7. The molecule has 1 aromatic heterocycles. The van der Waals surface area contributed by atoms with Gasteiger partial charge in [-0.15, -0.1) is 0 Å². The zero-order chi connectivity index (χ0) is 19.4. The van der Waals surface area contributed by atoms with E-state index in [9.17, 15) is 0 Å². The van der Waals surface area contributed by atoms with E-state index in [4.69, 9.17) is 9.47 Å². The van der Waals surface area contributed by atoms with Gasteiger partial charge in [0.1, 0.15) is 5.82 Å². The van der Waals surface area contributed by atoms with Crippen molar-refractivity contribution in [3.63, 3.8) is 0 Å². The van der Waals surface area contributed by atoms with E-state index in [0.717, 1.165) is 70.4 Å². The molecule has 2 saturated heterocycles. The van der Waals surface area contributed by atoms with E-state index >= 15 is 0 Å². The smallest absolute Gasteiger partial charge is 0.191 e. The SMILES string of the molecule is CN=C(NCCCOCC1CCCO1)NCc1ccnc(N2CCCCC2)c1. The fraction of sp³-hybridized carbons (Fsp3) is 0.714. The number of nitrogens with one attached hydrogen (secondary N) is 2. The lowest BCUT2D eigenvalue weighted by atomic mass is 10.1. The van der Waals surface area contributed by atoms with E-state index in [1.807, 2.05) is 6.20 Å². The van der Waals surface area contributed by atoms with Gasteiger partial charge in [0.15, 0.2) is 5.96 Å². The van der Waals surface area contributed by atoms with Crippen LogP contribution in [-0.2, 0) is 16.0 Å². The Bertz CT molecular complexity index is 598. The average Bonchev–Trinajstić information content (AvgIpc) is 3.27. The van der Waals surface area contributed by atoms with Gasteiger partial charge in [0, 0.05) is 52.6 Å². The average molecular weight is 390 g/mol. The van der Waals surface area contributed by atoms with Gasteiger partial charge in [-0.2, -0.15) is 0 Å². The van der Waals surface area contributed by atoms with Gasteiger partial charge in [-0.05, 0) is 56.2 Å². The monoisotopic (exact) mass is 389 g/mol. The van der Waals surface area contributed by atoms with Crippen molar-refractivity contribution in [2.45, 2.75) is 51.2 Å². The van der Waals surface area contributed by atoms with Gasteiger partial charge >= 0.3 is 0 Å². The molecule has 3 rings (SSSR count). The molecule has 28 heavy (non-hydrogen) atoms. The van der Waals surface area contributed by atoms with Crippen LogP contribution in [-0.4, -0.2) is 63.6 Å². The molecule has 0 bridgehead atoms. The number of anilines is 1. The van der Waals surface area contributed by atoms with E-state index in [1.165, 1.54) is 24.8 Å². The summed E-state index contributed by atoms with van der Waals surface area (Å²) in [4.78, 5) is 11.2. The molecule has 2 aliphatic rings. The van der Waals surface area contributed by atoms with Crippen LogP contribution in [0.3, 0.4) is 0 Å². The Morgan fingerprint density at radius 3 is 2.96 bits per heavy atom. The quantitative estimate of drug-likeness (QED) is 0.384. The van der Waals surface area contributed by atoms with Crippen LogP contribution >= 0.6 is 0 Å². The molecule has 0 aliphatic carbocycles. The topological polar surface area (TPSA) is 71.0 Å².